The van der Waals surface area contributed by atoms with Crippen LogP contribution in [0.5, 0.6) is 0 Å². The maximum Gasteiger partial charge on any atom is 0.329 e. The van der Waals surface area contributed by atoms with Gasteiger partial charge in [0.25, 0.3) is 0 Å². The lowest BCUT2D eigenvalue weighted by Crippen LogP contribution is -2.37. The Morgan fingerprint density at radius 1 is 1.21 bits per heavy atom. The van der Waals surface area contributed by atoms with E-state index >= 15 is 0 Å². The van der Waals surface area contributed by atoms with Crippen LogP contribution in [-0.2, 0) is 28.2 Å². The van der Waals surface area contributed by atoms with Crippen molar-refractivity contribution in [2.75, 3.05) is 18.8 Å². The number of imidazole rings is 1. The number of benzene rings is 1. The number of amides is 1. The number of aromatic nitrogens is 2. The fourth-order valence-electron chi connectivity index (χ4n) is 3.95. The zero-order valence-electron chi connectivity index (χ0n) is 13.4. The quantitative estimate of drug-likeness (QED) is 0.763. The predicted molar refractivity (Wildman–Crippen MR) is 89.4 cm³/mol. The first-order valence-corrected chi connectivity index (χ1v) is 9.73. The Labute approximate surface area is 139 Å². The van der Waals surface area contributed by atoms with Crippen molar-refractivity contribution in [3.63, 3.8) is 0 Å². The predicted octanol–water partition coefficient (Wildman–Crippen LogP) is -0.0145. The third-order valence-electron chi connectivity index (χ3n) is 5.31. The summed E-state index contributed by atoms with van der Waals surface area (Å²) in [6.07, 6.45) is 0.630. The Morgan fingerprint density at radius 3 is 2.62 bits per heavy atom. The van der Waals surface area contributed by atoms with Gasteiger partial charge in [-0.2, -0.15) is 0 Å². The molecule has 0 unspecified atom stereocenters. The van der Waals surface area contributed by atoms with Crippen LogP contribution in [0.4, 0.5) is 0 Å². The molecule has 0 spiro atoms. The Balaban J connectivity index is 1.60. The highest BCUT2D eigenvalue weighted by Crippen LogP contribution is 2.33. The van der Waals surface area contributed by atoms with Crippen LogP contribution in [0.3, 0.4) is 0 Å². The van der Waals surface area contributed by atoms with Crippen LogP contribution in [-0.4, -0.2) is 52.5 Å². The van der Waals surface area contributed by atoms with Gasteiger partial charge in [0.1, 0.15) is 6.54 Å². The molecule has 2 aliphatic rings. The number of carbonyl (C=O) groups excluding carboxylic acids is 1. The average molecular weight is 349 g/mol. The van der Waals surface area contributed by atoms with Gasteiger partial charge >= 0.3 is 5.69 Å². The lowest BCUT2D eigenvalue weighted by molar-refractivity contribution is -0.130. The number of fused-ring (bicyclic) bond motifs is 2. The molecule has 7 nitrogen and oxygen atoms in total. The maximum atomic E-state index is 12.6. The van der Waals surface area contributed by atoms with E-state index < -0.39 is 15.1 Å². The van der Waals surface area contributed by atoms with E-state index in [2.05, 4.69) is 0 Å². The number of hydrogen-bond acceptors (Lipinski definition) is 4. The summed E-state index contributed by atoms with van der Waals surface area (Å²) in [5, 5.41) is -0.425. The maximum absolute atomic E-state index is 12.6. The molecule has 4 rings (SSSR count). The molecule has 128 valence electrons. The van der Waals surface area contributed by atoms with Crippen molar-refractivity contribution in [1.82, 2.24) is 14.0 Å². The van der Waals surface area contributed by atoms with Gasteiger partial charge in [-0.05, 0) is 24.5 Å². The van der Waals surface area contributed by atoms with E-state index in [9.17, 15) is 18.0 Å². The number of para-hydroxylation sites is 2. The molecule has 2 atom stereocenters. The molecular weight excluding hydrogens is 330 g/mol. The summed E-state index contributed by atoms with van der Waals surface area (Å²) in [6.45, 7) is 0.674. The molecule has 3 heterocycles. The lowest BCUT2D eigenvalue weighted by Gasteiger charge is -2.17. The highest BCUT2D eigenvalue weighted by atomic mass is 32.2. The van der Waals surface area contributed by atoms with Gasteiger partial charge in [-0.25, -0.2) is 13.2 Å². The normalized spacial score (nSPS) is 25.3. The van der Waals surface area contributed by atoms with Gasteiger partial charge in [-0.15, -0.1) is 0 Å². The Kier molecular flexibility index (Phi) is 3.35. The van der Waals surface area contributed by atoms with Gasteiger partial charge in [0.15, 0.2) is 9.84 Å². The third kappa shape index (κ3) is 2.20. The third-order valence-corrected chi connectivity index (χ3v) is 7.57. The Morgan fingerprint density at radius 2 is 1.92 bits per heavy atom. The topological polar surface area (TPSA) is 81.4 Å². The minimum Gasteiger partial charge on any atom is -0.340 e. The monoisotopic (exact) mass is 349 g/mol. The summed E-state index contributed by atoms with van der Waals surface area (Å²) in [5.41, 5.74) is 1.25. The van der Waals surface area contributed by atoms with E-state index in [1.165, 1.54) is 9.13 Å². The van der Waals surface area contributed by atoms with Crippen molar-refractivity contribution in [2.24, 2.45) is 13.0 Å². The van der Waals surface area contributed by atoms with Gasteiger partial charge in [0, 0.05) is 20.1 Å². The smallest absolute Gasteiger partial charge is 0.329 e. The molecule has 1 amide bonds. The Bertz CT molecular complexity index is 988. The van der Waals surface area contributed by atoms with Crippen LogP contribution >= 0.6 is 0 Å². The van der Waals surface area contributed by atoms with E-state index in [1.807, 2.05) is 24.3 Å². The number of likely N-dealkylation sites (tertiary alicyclic amines) is 1. The first-order chi connectivity index (χ1) is 11.4. The van der Waals surface area contributed by atoms with Crippen molar-refractivity contribution in [2.45, 2.75) is 18.2 Å². The largest absolute Gasteiger partial charge is 0.340 e. The SMILES string of the molecule is Cn1c(=O)n(CC(=O)N2C[C@H]3CCS(=O)(=O)[C@H]3C2)c2ccccc21. The van der Waals surface area contributed by atoms with Crippen molar-refractivity contribution in [3.05, 3.63) is 34.7 Å². The van der Waals surface area contributed by atoms with Crippen LogP contribution in [0, 0.1) is 5.92 Å². The zero-order valence-corrected chi connectivity index (χ0v) is 14.2. The molecule has 8 heteroatoms. The summed E-state index contributed by atoms with van der Waals surface area (Å²) in [4.78, 5) is 26.6. The van der Waals surface area contributed by atoms with E-state index in [4.69, 9.17) is 0 Å². The molecule has 2 saturated heterocycles. The minimum absolute atomic E-state index is 0.0446. The second-order valence-corrected chi connectivity index (χ2v) is 9.01. The van der Waals surface area contributed by atoms with E-state index in [0.29, 0.717) is 18.5 Å². The van der Waals surface area contributed by atoms with Crippen LogP contribution < -0.4 is 5.69 Å². The standard InChI is InChI=1S/C16H19N3O4S/c1-17-12-4-2-3-5-13(12)19(16(17)21)10-15(20)18-8-11-6-7-24(22,23)14(11)9-18/h2-5,11,14H,6-10H2,1H3/t11-,14+/m1/s1. The molecule has 0 N–H and O–H groups in total. The molecular formula is C16H19N3O4S. The van der Waals surface area contributed by atoms with Crippen LogP contribution in [0.15, 0.2) is 29.1 Å². The van der Waals surface area contributed by atoms with E-state index in [0.717, 1.165) is 5.52 Å². The minimum atomic E-state index is -3.07. The van der Waals surface area contributed by atoms with Crippen LogP contribution in [0.1, 0.15) is 6.42 Å². The molecule has 1 aromatic heterocycles. The fourth-order valence-corrected chi connectivity index (χ4v) is 6.10. The summed E-state index contributed by atoms with van der Waals surface area (Å²) < 4.78 is 27.0. The highest BCUT2D eigenvalue weighted by Gasteiger charge is 2.47. The van der Waals surface area contributed by atoms with Gasteiger partial charge in [0.05, 0.1) is 22.0 Å². The molecule has 1 aromatic carbocycles. The highest BCUT2D eigenvalue weighted by molar-refractivity contribution is 7.92. The number of hydrogen-bond donors (Lipinski definition) is 0. The average Bonchev–Trinajstić information content (AvgIpc) is 3.18. The van der Waals surface area contributed by atoms with Gasteiger partial charge in [-0.1, -0.05) is 12.1 Å². The van der Waals surface area contributed by atoms with Crippen LogP contribution in [0.25, 0.3) is 11.0 Å². The summed E-state index contributed by atoms with van der Waals surface area (Å²) in [6, 6.07) is 7.33. The number of rotatable bonds is 2. The molecule has 0 bridgehead atoms. The first kappa shape index (κ1) is 15.4. The summed E-state index contributed by atoms with van der Waals surface area (Å²) >= 11 is 0. The number of carbonyl (C=O) groups is 1. The number of nitrogens with zero attached hydrogens (tertiary/aromatic N) is 3. The molecule has 0 radical (unpaired) electrons. The van der Waals surface area contributed by atoms with Crippen molar-refractivity contribution in [1.29, 1.82) is 0 Å². The first-order valence-electron chi connectivity index (χ1n) is 8.02. The second kappa shape index (κ2) is 5.20. The van der Waals surface area contributed by atoms with E-state index in [1.54, 1.807) is 11.9 Å². The van der Waals surface area contributed by atoms with Crippen molar-refractivity contribution < 1.29 is 13.2 Å². The number of aryl methyl sites for hydroxylation is 1. The van der Waals surface area contributed by atoms with Crippen molar-refractivity contribution >= 4 is 26.8 Å². The van der Waals surface area contributed by atoms with Crippen LogP contribution in [0.2, 0.25) is 0 Å². The molecule has 0 saturated carbocycles. The van der Waals surface area contributed by atoms with Crippen molar-refractivity contribution in [3.8, 4) is 0 Å². The fraction of sp³-hybridized carbons (Fsp3) is 0.500. The molecule has 2 aromatic rings. The van der Waals surface area contributed by atoms with E-state index in [-0.39, 0.29) is 36.4 Å². The molecule has 2 aliphatic heterocycles. The lowest BCUT2D eigenvalue weighted by atomic mass is 10.1. The van der Waals surface area contributed by atoms with Gasteiger partial charge < -0.3 is 4.90 Å². The Hall–Kier alpha value is -2.09. The molecule has 0 aliphatic carbocycles. The zero-order chi connectivity index (χ0) is 17.1. The molecule has 2 fully saturated rings. The molecule has 24 heavy (non-hydrogen) atoms. The van der Waals surface area contributed by atoms with Gasteiger partial charge in [0.2, 0.25) is 5.91 Å². The summed E-state index contributed by atoms with van der Waals surface area (Å²) in [5.74, 6) is 0.0777. The summed E-state index contributed by atoms with van der Waals surface area (Å²) in [7, 11) is -1.39. The van der Waals surface area contributed by atoms with Gasteiger partial charge in [-0.3, -0.25) is 13.9 Å². The second-order valence-electron chi connectivity index (χ2n) is 6.67. The number of sulfone groups is 1.